The number of rotatable bonds is 5. The van der Waals surface area contributed by atoms with Gasteiger partial charge >= 0.3 is 0 Å². The Kier molecular flexibility index (Phi) is 4.04. The SMILES string of the molecule is C=Cc1ccc2c(n1)CCCC2NCCC=N. The van der Waals surface area contributed by atoms with Gasteiger partial charge < -0.3 is 10.7 Å². The largest absolute Gasteiger partial charge is 0.313 e. The Balaban J connectivity index is 2.13. The summed E-state index contributed by atoms with van der Waals surface area (Å²) in [6, 6.07) is 4.60. The van der Waals surface area contributed by atoms with Crippen LogP contribution in [0, 0.1) is 5.41 Å². The Morgan fingerprint density at radius 3 is 3.18 bits per heavy atom. The first-order valence-corrected chi connectivity index (χ1v) is 6.19. The van der Waals surface area contributed by atoms with Gasteiger partial charge in [-0.2, -0.15) is 0 Å². The van der Waals surface area contributed by atoms with E-state index in [4.69, 9.17) is 5.41 Å². The second kappa shape index (κ2) is 5.73. The fraction of sp³-hybridized carbons (Fsp3) is 0.429. The number of hydrogen-bond donors (Lipinski definition) is 2. The molecule has 17 heavy (non-hydrogen) atoms. The van der Waals surface area contributed by atoms with Crippen molar-refractivity contribution in [3.63, 3.8) is 0 Å². The molecule has 0 amide bonds. The molecule has 1 heterocycles. The van der Waals surface area contributed by atoms with E-state index in [0.29, 0.717) is 6.04 Å². The van der Waals surface area contributed by atoms with Crippen molar-refractivity contribution >= 4 is 12.3 Å². The predicted molar refractivity (Wildman–Crippen MR) is 71.4 cm³/mol. The monoisotopic (exact) mass is 229 g/mol. The molecule has 1 atom stereocenters. The van der Waals surface area contributed by atoms with Crippen LogP contribution in [0.1, 0.15) is 42.3 Å². The molecular weight excluding hydrogens is 210 g/mol. The lowest BCUT2D eigenvalue weighted by atomic mass is 9.91. The molecule has 3 nitrogen and oxygen atoms in total. The van der Waals surface area contributed by atoms with Crippen molar-refractivity contribution in [2.24, 2.45) is 0 Å². The number of fused-ring (bicyclic) bond motifs is 1. The molecule has 1 aromatic heterocycles. The van der Waals surface area contributed by atoms with Gasteiger partial charge in [0, 0.05) is 18.3 Å². The van der Waals surface area contributed by atoms with Crippen molar-refractivity contribution in [2.75, 3.05) is 6.54 Å². The highest BCUT2D eigenvalue weighted by Gasteiger charge is 2.20. The lowest BCUT2D eigenvalue weighted by Crippen LogP contribution is -2.26. The lowest BCUT2D eigenvalue weighted by Gasteiger charge is -2.25. The van der Waals surface area contributed by atoms with Crippen LogP contribution in [0.15, 0.2) is 18.7 Å². The average molecular weight is 229 g/mol. The molecule has 0 spiro atoms. The number of nitrogens with zero attached hydrogens (tertiary/aromatic N) is 1. The highest BCUT2D eigenvalue weighted by atomic mass is 14.9. The van der Waals surface area contributed by atoms with E-state index < -0.39 is 0 Å². The molecule has 0 aliphatic heterocycles. The molecule has 2 N–H and O–H groups in total. The Bertz CT molecular complexity index is 412. The van der Waals surface area contributed by atoms with Crippen LogP contribution >= 0.6 is 0 Å². The lowest BCUT2D eigenvalue weighted by molar-refractivity contribution is 0.462. The van der Waals surface area contributed by atoms with Gasteiger partial charge in [-0.1, -0.05) is 12.6 Å². The molecule has 1 aromatic rings. The third-order valence-corrected chi connectivity index (χ3v) is 3.20. The maximum atomic E-state index is 7.03. The highest BCUT2D eigenvalue weighted by molar-refractivity contribution is 5.53. The quantitative estimate of drug-likeness (QED) is 0.602. The second-order valence-corrected chi connectivity index (χ2v) is 4.37. The molecule has 2 rings (SSSR count). The molecule has 3 heteroatoms. The summed E-state index contributed by atoms with van der Waals surface area (Å²) in [7, 11) is 0. The van der Waals surface area contributed by atoms with Crippen molar-refractivity contribution in [1.82, 2.24) is 10.3 Å². The summed E-state index contributed by atoms with van der Waals surface area (Å²) in [5.74, 6) is 0. The van der Waals surface area contributed by atoms with Crippen LogP contribution in [0.25, 0.3) is 6.08 Å². The van der Waals surface area contributed by atoms with Gasteiger partial charge in [0.05, 0.1) is 5.69 Å². The van der Waals surface area contributed by atoms with Gasteiger partial charge in [-0.3, -0.25) is 4.98 Å². The standard InChI is InChI=1S/C14H19N3/c1-2-11-7-8-12-13(16-10-4-9-15)5-3-6-14(12)17-11/h2,7-9,13,15-16H,1,3-6,10H2. The molecule has 1 aliphatic carbocycles. The van der Waals surface area contributed by atoms with Crippen molar-refractivity contribution in [3.8, 4) is 0 Å². The van der Waals surface area contributed by atoms with Crippen LogP contribution < -0.4 is 5.32 Å². The zero-order valence-electron chi connectivity index (χ0n) is 10.1. The Morgan fingerprint density at radius 2 is 2.41 bits per heavy atom. The zero-order chi connectivity index (χ0) is 12.1. The topological polar surface area (TPSA) is 48.8 Å². The van der Waals surface area contributed by atoms with Gasteiger partial charge in [0.1, 0.15) is 0 Å². The van der Waals surface area contributed by atoms with Gasteiger partial charge in [-0.15, -0.1) is 0 Å². The fourth-order valence-electron chi connectivity index (χ4n) is 2.33. The van der Waals surface area contributed by atoms with Crippen molar-refractivity contribution < 1.29 is 0 Å². The van der Waals surface area contributed by atoms with Gasteiger partial charge in [0.2, 0.25) is 0 Å². The molecule has 1 aliphatic rings. The third kappa shape index (κ3) is 2.80. The number of aromatic nitrogens is 1. The van der Waals surface area contributed by atoms with Crippen molar-refractivity contribution in [1.29, 1.82) is 5.41 Å². The van der Waals surface area contributed by atoms with Crippen molar-refractivity contribution in [3.05, 3.63) is 35.7 Å². The van der Waals surface area contributed by atoms with E-state index >= 15 is 0 Å². The second-order valence-electron chi connectivity index (χ2n) is 4.37. The van der Waals surface area contributed by atoms with E-state index in [2.05, 4.69) is 22.9 Å². The minimum Gasteiger partial charge on any atom is -0.313 e. The maximum absolute atomic E-state index is 7.03. The number of aryl methyl sites for hydroxylation is 1. The van der Waals surface area contributed by atoms with E-state index in [1.54, 1.807) is 6.08 Å². The summed E-state index contributed by atoms with van der Waals surface area (Å²) in [6.07, 6.45) is 7.47. The summed E-state index contributed by atoms with van der Waals surface area (Å²) >= 11 is 0. The fourth-order valence-corrected chi connectivity index (χ4v) is 2.33. The molecule has 0 aromatic carbocycles. The first-order chi connectivity index (χ1) is 8.35. The first-order valence-electron chi connectivity index (χ1n) is 6.19. The van der Waals surface area contributed by atoms with Gasteiger partial charge in [0.25, 0.3) is 0 Å². The molecule has 0 saturated heterocycles. The molecule has 0 bridgehead atoms. The molecule has 1 unspecified atom stereocenters. The molecule has 0 fully saturated rings. The number of pyridine rings is 1. The Labute approximate surface area is 102 Å². The van der Waals surface area contributed by atoms with E-state index in [1.807, 2.05) is 6.07 Å². The Morgan fingerprint density at radius 1 is 1.53 bits per heavy atom. The molecular formula is C14H19N3. The van der Waals surface area contributed by atoms with E-state index in [0.717, 1.165) is 25.1 Å². The van der Waals surface area contributed by atoms with E-state index in [9.17, 15) is 0 Å². The summed E-state index contributed by atoms with van der Waals surface area (Å²) in [5.41, 5.74) is 3.50. The minimum atomic E-state index is 0.407. The van der Waals surface area contributed by atoms with Crippen molar-refractivity contribution in [2.45, 2.75) is 31.7 Å². The average Bonchev–Trinajstić information content (AvgIpc) is 2.38. The zero-order valence-corrected chi connectivity index (χ0v) is 10.1. The van der Waals surface area contributed by atoms with Crippen LogP contribution in [0.2, 0.25) is 0 Å². The number of hydrogen-bond acceptors (Lipinski definition) is 3. The molecule has 0 saturated carbocycles. The van der Waals surface area contributed by atoms with Crippen LogP contribution in [-0.2, 0) is 6.42 Å². The first kappa shape index (κ1) is 12.0. The summed E-state index contributed by atoms with van der Waals surface area (Å²) in [4.78, 5) is 4.61. The van der Waals surface area contributed by atoms with Gasteiger partial charge in [-0.05, 0) is 49.6 Å². The maximum Gasteiger partial charge on any atom is 0.0627 e. The van der Waals surface area contributed by atoms with Crippen LogP contribution in [0.4, 0.5) is 0 Å². The summed E-state index contributed by atoms with van der Waals surface area (Å²) < 4.78 is 0. The van der Waals surface area contributed by atoms with E-state index in [-0.39, 0.29) is 0 Å². The van der Waals surface area contributed by atoms with Crippen LogP contribution in [0.3, 0.4) is 0 Å². The van der Waals surface area contributed by atoms with Gasteiger partial charge in [0.15, 0.2) is 0 Å². The predicted octanol–water partition coefficient (Wildman–Crippen LogP) is 2.73. The normalized spacial score (nSPS) is 18.5. The molecule has 0 radical (unpaired) electrons. The highest BCUT2D eigenvalue weighted by Crippen LogP contribution is 2.28. The Hall–Kier alpha value is -1.48. The van der Waals surface area contributed by atoms with Gasteiger partial charge in [-0.25, -0.2) is 0 Å². The smallest absolute Gasteiger partial charge is 0.0627 e. The van der Waals surface area contributed by atoms with E-state index in [1.165, 1.54) is 30.3 Å². The summed E-state index contributed by atoms with van der Waals surface area (Å²) in [6.45, 7) is 4.63. The molecule has 90 valence electrons. The summed E-state index contributed by atoms with van der Waals surface area (Å²) in [5, 5.41) is 10.5. The third-order valence-electron chi connectivity index (χ3n) is 3.20. The number of nitrogens with one attached hydrogen (secondary N) is 2. The van der Waals surface area contributed by atoms with Crippen LogP contribution in [0.5, 0.6) is 0 Å². The minimum absolute atomic E-state index is 0.407. The van der Waals surface area contributed by atoms with Crippen LogP contribution in [-0.4, -0.2) is 17.7 Å².